The Labute approximate surface area is 141 Å². The normalized spacial score (nSPS) is 9.83. The number of nitrogens with one attached hydrogen (secondary N) is 2. The minimum Gasteiger partial charge on any atom is -0.308 e. The summed E-state index contributed by atoms with van der Waals surface area (Å²) in [4.78, 5) is 23.7. The molecule has 0 radical (unpaired) electrons. The van der Waals surface area contributed by atoms with E-state index in [0.717, 1.165) is 6.07 Å². The zero-order valence-corrected chi connectivity index (χ0v) is 13.0. The fourth-order valence-electron chi connectivity index (χ4n) is 1.75. The van der Waals surface area contributed by atoms with Gasteiger partial charge in [0.25, 0.3) is 5.91 Å². The van der Waals surface area contributed by atoms with Gasteiger partial charge < -0.3 is 5.32 Å². The standard InChI is InChI=1S/C16H9Cl2FN2O2/c1-2-9-6-7-10(8-12(9)18)20-16(23)21-15(22)14-11(17)4-3-5-13(14)19/h1,3-8H,(H2,20,21,22,23). The van der Waals surface area contributed by atoms with Gasteiger partial charge in [-0.25, -0.2) is 9.18 Å². The van der Waals surface area contributed by atoms with Gasteiger partial charge in [0.2, 0.25) is 0 Å². The van der Waals surface area contributed by atoms with Crippen molar-refractivity contribution in [1.82, 2.24) is 5.32 Å². The number of carbonyl (C=O) groups is 2. The molecule has 2 rings (SSSR count). The van der Waals surface area contributed by atoms with Crippen LogP contribution in [0.25, 0.3) is 0 Å². The lowest BCUT2D eigenvalue weighted by Crippen LogP contribution is -2.35. The molecule has 116 valence electrons. The summed E-state index contributed by atoms with van der Waals surface area (Å²) in [5.74, 6) is 0.581. The highest BCUT2D eigenvalue weighted by Crippen LogP contribution is 2.21. The highest BCUT2D eigenvalue weighted by atomic mass is 35.5. The summed E-state index contributed by atoms with van der Waals surface area (Å²) in [5, 5.41) is 4.53. The second kappa shape index (κ2) is 7.14. The SMILES string of the molecule is C#Cc1ccc(NC(=O)NC(=O)c2c(F)cccc2Cl)cc1Cl. The molecule has 0 unspecified atom stereocenters. The molecule has 4 nitrogen and oxygen atoms in total. The number of hydrogen-bond acceptors (Lipinski definition) is 2. The number of amides is 3. The Hall–Kier alpha value is -2.55. The molecule has 0 aliphatic rings. The van der Waals surface area contributed by atoms with Gasteiger partial charge in [-0.05, 0) is 30.3 Å². The van der Waals surface area contributed by atoms with Crippen molar-refractivity contribution >= 4 is 40.8 Å². The molecule has 0 aliphatic heterocycles. The van der Waals surface area contributed by atoms with E-state index in [1.54, 1.807) is 0 Å². The van der Waals surface area contributed by atoms with E-state index in [-0.39, 0.29) is 10.0 Å². The number of hydrogen-bond donors (Lipinski definition) is 2. The van der Waals surface area contributed by atoms with Crippen LogP contribution in [0, 0.1) is 18.2 Å². The van der Waals surface area contributed by atoms with E-state index in [2.05, 4.69) is 11.2 Å². The van der Waals surface area contributed by atoms with Gasteiger partial charge in [0.05, 0.1) is 15.6 Å². The number of imide groups is 1. The second-order valence-corrected chi connectivity index (χ2v) is 5.16. The number of anilines is 1. The summed E-state index contributed by atoms with van der Waals surface area (Å²) < 4.78 is 13.6. The quantitative estimate of drug-likeness (QED) is 0.802. The molecular weight excluding hydrogens is 342 g/mol. The van der Waals surface area contributed by atoms with Gasteiger partial charge in [0.1, 0.15) is 5.82 Å². The van der Waals surface area contributed by atoms with Gasteiger partial charge >= 0.3 is 6.03 Å². The van der Waals surface area contributed by atoms with E-state index in [4.69, 9.17) is 29.6 Å². The zero-order chi connectivity index (χ0) is 17.0. The number of rotatable bonds is 2. The molecule has 2 aromatic rings. The predicted octanol–water partition coefficient (Wildman–Crippen LogP) is 4.08. The Morgan fingerprint density at radius 2 is 1.87 bits per heavy atom. The van der Waals surface area contributed by atoms with Crippen LogP contribution in [0.5, 0.6) is 0 Å². The van der Waals surface area contributed by atoms with Crippen LogP contribution in [-0.4, -0.2) is 11.9 Å². The van der Waals surface area contributed by atoms with Crippen molar-refractivity contribution in [2.24, 2.45) is 0 Å². The summed E-state index contributed by atoms with van der Waals surface area (Å²) in [5.41, 5.74) is 0.371. The highest BCUT2D eigenvalue weighted by molar-refractivity contribution is 6.34. The smallest absolute Gasteiger partial charge is 0.308 e. The zero-order valence-electron chi connectivity index (χ0n) is 11.5. The molecule has 0 atom stereocenters. The number of benzene rings is 2. The van der Waals surface area contributed by atoms with Gasteiger partial charge in [-0.3, -0.25) is 10.1 Å². The molecule has 0 aliphatic carbocycles. The summed E-state index contributed by atoms with van der Waals surface area (Å²) in [7, 11) is 0. The summed E-state index contributed by atoms with van der Waals surface area (Å²) in [6.07, 6.45) is 5.23. The molecular formula is C16H9Cl2FN2O2. The average molecular weight is 351 g/mol. The topological polar surface area (TPSA) is 58.2 Å². The minimum absolute atomic E-state index is 0.100. The Kier molecular flexibility index (Phi) is 5.22. The van der Waals surface area contributed by atoms with Gasteiger partial charge in [0, 0.05) is 11.3 Å². The van der Waals surface area contributed by atoms with Gasteiger partial charge in [0.15, 0.2) is 0 Å². The maximum atomic E-state index is 13.6. The summed E-state index contributed by atoms with van der Waals surface area (Å²) >= 11 is 11.7. The lowest BCUT2D eigenvalue weighted by molar-refractivity contribution is 0.0963. The van der Waals surface area contributed by atoms with Crippen LogP contribution >= 0.6 is 23.2 Å². The van der Waals surface area contributed by atoms with Gasteiger partial charge in [-0.15, -0.1) is 6.42 Å². The lowest BCUT2D eigenvalue weighted by Gasteiger charge is -2.09. The monoisotopic (exact) mass is 350 g/mol. The van der Waals surface area contributed by atoms with Crippen LogP contribution in [0.3, 0.4) is 0 Å². The van der Waals surface area contributed by atoms with Crippen molar-refractivity contribution in [3.63, 3.8) is 0 Å². The third-order valence-corrected chi connectivity index (χ3v) is 3.43. The molecule has 2 N–H and O–H groups in total. The number of halogens is 3. The molecule has 7 heteroatoms. The molecule has 3 amide bonds. The van der Waals surface area contributed by atoms with Crippen LogP contribution in [-0.2, 0) is 0 Å². The molecule has 0 aromatic heterocycles. The minimum atomic E-state index is -0.961. The number of carbonyl (C=O) groups excluding carboxylic acids is 2. The molecule has 0 saturated carbocycles. The molecule has 0 spiro atoms. The van der Waals surface area contributed by atoms with E-state index in [9.17, 15) is 14.0 Å². The Bertz CT molecular complexity index is 811. The molecule has 0 fully saturated rings. The van der Waals surface area contributed by atoms with E-state index < -0.39 is 23.3 Å². The van der Waals surface area contributed by atoms with Crippen LogP contribution in [0.2, 0.25) is 10.0 Å². The van der Waals surface area contributed by atoms with Crippen molar-refractivity contribution < 1.29 is 14.0 Å². The first-order valence-corrected chi connectivity index (χ1v) is 7.00. The van der Waals surface area contributed by atoms with Crippen molar-refractivity contribution in [1.29, 1.82) is 0 Å². The van der Waals surface area contributed by atoms with E-state index in [1.807, 2.05) is 5.32 Å². The average Bonchev–Trinajstić information content (AvgIpc) is 2.47. The fourth-order valence-corrected chi connectivity index (χ4v) is 2.24. The maximum absolute atomic E-state index is 13.6. The number of urea groups is 1. The first kappa shape index (κ1) is 16.8. The molecule has 0 bridgehead atoms. The highest BCUT2D eigenvalue weighted by Gasteiger charge is 2.18. The molecule has 0 heterocycles. The third kappa shape index (κ3) is 4.01. The van der Waals surface area contributed by atoms with E-state index >= 15 is 0 Å². The van der Waals surface area contributed by atoms with Crippen LogP contribution in [0.1, 0.15) is 15.9 Å². The second-order valence-electron chi connectivity index (χ2n) is 4.34. The van der Waals surface area contributed by atoms with Gasteiger partial charge in [-0.2, -0.15) is 0 Å². The Balaban J connectivity index is 2.09. The Morgan fingerprint density at radius 3 is 2.48 bits per heavy atom. The third-order valence-electron chi connectivity index (χ3n) is 2.80. The van der Waals surface area contributed by atoms with Crippen LogP contribution in [0.15, 0.2) is 36.4 Å². The van der Waals surface area contributed by atoms with Crippen LogP contribution < -0.4 is 10.6 Å². The summed E-state index contributed by atoms with van der Waals surface area (Å²) in [6.45, 7) is 0. The molecule has 23 heavy (non-hydrogen) atoms. The maximum Gasteiger partial charge on any atom is 0.326 e. The van der Waals surface area contributed by atoms with Crippen molar-refractivity contribution in [3.05, 3.63) is 63.4 Å². The predicted molar refractivity (Wildman–Crippen MR) is 87.3 cm³/mol. The van der Waals surface area contributed by atoms with Crippen molar-refractivity contribution in [3.8, 4) is 12.3 Å². The number of terminal acetylenes is 1. The van der Waals surface area contributed by atoms with Crippen LogP contribution in [0.4, 0.5) is 14.9 Å². The van der Waals surface area contributed by atoms with Gasteiger partial charge in [-0.1, -0.05) is 35.2 Å². The lowest BCUT2D eigenvalue weighted by atomic mass is 10.2. The fraction of sp³-hybridized carbons (Fsp3) is 0. The first-order chi connectivity index (χ1) is 10.9. The van der Waals surface area contributed by atoms with E-state index in [1.165, 1.54) is 30.3 Å². The Morgan fingerprint density at radius 1 is 1.13 bits per heavy atom. The van der Waals surface area contributed by atoms with E-state index in [0.29, 0.717) is 11.3 Å². The summed E-state index contributed by atoms with van der Waals surface area (Å²) in [6, 6.07) is 7.38. The van der Waals surface area contributed by atoms with Crippen molar-refractivity contribution in [2.75, 3.05) is 5.32 Å². The molecule has 2 aromatic carbocycles. The van der Waals surface area contributed by atoms with Crippen molar-refractivity contribution in [2.45, 2.75) is 0 Å². The molecule has 0 saturated heterocycles. The largest absolute Gasteiger partial charge is 0.326 e. The first-order valence-electron chi connectivity index (χ1n) is 6.25.